The van der Waals surface area contributed by atoms with E-state index in [-0.39, 0.29) is 49.9 Å². The van der Waals surface area contributed by atoms with Crippen molar-refractivity contribution in [2.45, 2.75) is 6.18 Å². The summed E-state index contributed by atoms with van der Waals surface area (Å²) >= 11 is 5.81. The molecule has 184 valence electrons. The van der Waals surface area contributed by atoms with E-state index in [0.717, 1.165) is 16.6 Å². The number of carbonyl (C=O) groups is 1. The number of halogens is 5. The van der Waals surface area contributed by atoms with Gasteiger partial charge < -0.3 is 14.8 Å². The summed E-state index contributed by atoms with van der Waals surface area (Å²) < 4.78 is 65.1. The molecule has 1 aromatic carbocycles. The predicted octanol–water partition coefficient (Wildman–Crippen LogP) is 5.18. The Morgan fingerprint density at radius 2 is 1.89 bits per heavy atom. The number of anilines is 2. The van der Waals surface area contributed by atoms with Gasteiger partial charge in [-0.1, -0.05) is 11.6 Å². The molecule has 4 aromatic heterocycles. The zero-order valence-electron chi connectivity index (χ0n) is 18.3. The third kappa shape index (κ3) is 3.86. The summed E-state index contributed by atoms with van der Waals surface area (Å²) in [5, 5.41) is 6.89. The fourth-order valence-electron chi connectivity index (χ4n) is 3.65. The summed E-state index contributed by atoms with van der Waals surface area (Å²) in [5.74, 6) is -1.55. The number of alkyl halides is 3. The normalized spacial score (nSPS) is 11.9. The van der Waals surface area contributed by atoms with E-state index in [0.29, 0.717) is 5.69 Å². The maximum absolute atomic E-state index is 13.6. The number of esters is 1. The lowest BCUT2D eigenvalue weighted by Gasteiger charge is -2.12. The number of hydrogen-bond acceptors (Lipinski definition) is 8. The van der Waals surface area contributed by atoms with Crippen LogP contribution in [-0.4, -0.2) is 44.8 Å². The second-order valence-electron chi connectivity index (χ2n) is 7.44. The molecule has 0 fully saturated rings. The molecule has 5 rings (SSSR count). The van der Waals surface area contributed by atoms with Gasteiger partial charge in [-0.15, -0.1) is 0 Å². The molecule has 0 bridgehead atoms. The van der Waals surface area contributed by atoms with Crippen LogP contribution in [0.2, 0.25) is 5.02 Å². The maximum atomic E-state index is 13.6. The highest BCUT2D eigenvalue weighted by atomic mass is 35.5. The summed E-state index contributed by atoms with van der Waals surface area (Å²) in [5.41, 5.74) is -0.849. The first-order valence-electron chi connectivity index (χ1n) is 10.1. The predicted molar refractivity (Wildman–Crippen MR) is 121 cm³/mol. The smallest absolute Gasteiger partial charge is 0.435 e. The van der Waals surface area contributed by atoms with Crippen molar-refractivity contribution in [1.29, 1.82) is 0 Å². The summed E-state index contributed by atoms with van der Waals surface area (Å²) in [6.07, 6.45) is -3.42. The number of methoxy groups -OCH3 is 2. The van der Waals surface area contributed by atoms with Crippen molar-refractivity contribution in [3.8, 4) is 5.88 Å². The minimum atomic E-state index is -4.75. The van der Waals surface area contributed by atoms with Gasteiger partial charge in [0.25, 0.3) is 0 Å². The zero-order chi connectivity index (χ0) is 25.8. The number of pyridine rings is 2. The summed E-state index contributed by atoms with van der Waals surface area (Å²) in [6, 6.07) is 6.02. The van der Waals surface area contributed by atoms with Gasteiger partial charge in [-0.05, 0) is 30.3 Å². The van der Waals surface area contributed by atoms with E-state index < -0.39 is 23.7 Å². The molecule has 0 radical (unpaired) electrons. The number of carbonyl (C=O) groups excluding carboxylic acids is 1. The number of rotatable bonds is 4. The molecule has 0 saturated heterocycles. The molecule has 0 saturated carbocycles. The zero-order valence-corrected chi connectivity index (χ0v) is 19.1. The van der Waals surface area contributed by atoms with Crippen LogP contribution in [0.4, 0.5) is 29.2 Å². The number of nitrogens with zero attached hydrogens (tertiary/aromatic N) is 5. The first-order valence-corrected chi connectivity index (χ1v) is 10.4. The lowest BCUT2D eigenvalue weighted by Crippen LogP contribution is -2.08. The number of aromatic nitrogens is 5. The van der Waals surface area contributed by atoms with E-state index in [4.69, 9.17) is 21.1 Å². The standard InChI is InChI=1S/C22H13ClF4N6O3/c1-35-19-11(20(34)36-2)6-10-12-8-28-21(29-9-3-4-14(24)13(23)5-9)31-18(12)33-15(17(10)30-19)7-16(32-33)22(25,26)27/h3-8H,1-2H3,(H,28,29,31). The van der Waals surface area contributed by atoms with E-state index in [2.05, 4.69) is 25.4 Å². The van der Waals surface area contributed by atoms with Gasteiger partial charge in [0.1, 0.15) is 16.9 Å². The van der Waals surface area contributed by atoms with Crippen LogP contribution >= 0.6 is 11.6 Å². The summed E-state index contributed by atoms with van der Waals surface area (Å²) in [7, 11) is 2.43. The van der Waals surface area contributed by atoms with Gasteiger partial charge in [0.05, 0.1) is 24.8 Å². The number of fused-ring (bicyclic) bond motifs is 6. The largest absolute Gasteiger partial charge is 0.480 e. The summed E-state index contributed by atoms with van der Waals surface area (Å²) in [6.45, 7) is 0. The molecule has 0 unspecified atom stereocenters. The van der Waals surface area contributed by atoms with Crippen molar-refractivity contribution in [1.82, 2.24) is 24.6 Å². The number of hydrogen-bond donors (Lipinski definition) is 1. The Labute approximate surface area is 203 Å². The number of benzene rings is 1. The third-order valence-corrected chi connectivity index (χ3v) is 5.55. The van der Waals surface area contributed by atoms with Crippen molar-refractivity contribution < 1.29 is 31.8 Å². The Morgan fingerprint density at radius 1 is 1.11 bits per heavy atom. The highest BCUT2D eigenvalue weighted by molar-refractivity contribution is 6.31. The highest BCUT2D eigenvalue weighted by Crippen LogP contribution is 2.35. The van der Waals surface area contributed by atoms with Crippen LogP contribution < -0.4 is 10.1 Å². The molecule has 0 aliphatic rings. The van der Waals surface area contributed by atoms with Gasteiger partial charge in [-0.3, -0.25) is 0 Å². The topological polar surface area (TPSA) is 104 Å². The second kappa shape index (κ2) is 8.45. The molecule has 0 spiro atoms. The van der Waals surface area contributed by atoms with Crippen LogP contribution in [0.5, 0.6) is 5.88 Å². The van der Waals surface area contributed by atoms with Crippen LogP contribution in [0.3, 0.4) is 0 Å². The molecule has 36 heavy (non-hydrogen) atoms. The van der Waals surface area contributed by atoms with Gasteiger partial charge in [0, 0.05) is 22.7 Å². The van der Waals surface area contributed by atoms with Crippen molar-refractivity contribution in [2.75, 3.05) is 19.5 Å². The average molecular weight is 521 g/mol. The molecule has 0 aliphatic heterocycles. The van der Waals surface area contributed by atoms with Crippen LogP contribution in [0.15, 0.2) is 36.5 Å². The Morgan fingerprint density at radius 3 is 2.56 bits per heavy atom. The van der Waals surface area contributed by atoms with Crippen molar-refractivity contribution >= 4 is 56.7 Å². The average Bonchev–Trinajstić information content (AvgIpc) is 3.32. The van der Waals surface area contributed by atoms with Gasteiger partial charge in [-0.2, -0.15) is 23.3 Å². The van der Waals surface area contributed by atoms with Gasteiger partial charge in [-0.25, -0.2) is 23.7 Å². The fourth-order valence-corrected chi connectivity index (χ4v) is 3.83. The number of nitrogens with one attached hydrogen (secondary N) is 1. The minimum absolute atomic E-state index is 0.0125. The van der Waals surface area contributed by atoms with Crippen molar-refractivity contribution in [2.24, 2.45) is 0 Å². The van der Waals surface area contributed by atoms with Crippen LogP contribution in [0.25, 0.3) is 27.5 Å². The summed E-state index contributed by atoms with van der Waals surface area (Å²) in [4.78, 5) is 25.1. The molecule has 1 N–H and O–H groups in total. The van der Waals surface area contributed by atoms with E-state index in [1.165, 1.54) is 38.6 Å². The maximum Gasteiger partial charge on any atom is 0.435 e. The molecule has 0 aliphatic carbocycles. The van der Waals surface area contributed by atoms with E-state index >= 15 is 0 Å². The molecule has 9 nitrogen and oxygen atoms in total. The first kappa shape index (κ1) is 23.5. The lowest BCUT2D eigenvalue weighted by molar-refractivity contribution is -0.141. The van der Waals surface area contributed by atoms with Gasteiger partial charge in [0.15, 0.2) is 11.3 Å². The fraction of sp³-hybridized carbons (Fsp3) is 0.136. The number of ether oxygens (including phenoxy) is 2. The molecular weight excluding hydrogens is 508 g/mol. The minimum Gasteiger partial charge on any atom is -0.480 e. The Kier molecular flexibility index (Phi) is 5.51. The first-order chi connectivity index (χ1) is 17.1. The SMILES string of the molecule is COC(=O)c1cc2c3cnc(Nc4ccc(F)c(Cl)c4)nc3n3nc(C(F)(F)F)cc3c2nc1OC. The van der Waals surface area contributed by atoms with E-state index in [1.54, 1.807) is 0 Å². The molecule has 5 aromatic rings. The van der Waals surface area contributed by atoms with E-state index in [9.17, 15) is 22.4 Å². The Bertz CT molecular complexity index is 1690. The van der Waals surface area contributed by atoms with Gasteiger partial charge in [0.2, 0.25) is 11.8 Å². The van der Waals surface area contributed by atoms with Gasteiger partial charge >= 0.3 is 12.1 Å². The molecular formula is C22H13ClF4N6O3. The highest BCUT2D eigenvalue weighted by Gasteiger charge is 2.35. The van der Waals surface area contributed by atoms with Crippen LogP contribution in [0, 0.1) is 5.82 Å². The monoisotopic (exact) mass is 520 g/mol. The Hall–Kier alpha value is -4.26. The third-order valence-electron chi connectivity index (χ3n) is 5.26. The van der Waals surface area contributed by atoms with Crippen molar-refractivity contribution in [3.05, 3.63) is 58.6 Å². The van der Waals surface area contributed by atoms with Crippen LogP contribution in [-0.2, 0) is 10.9 Å². The molecule has 4 heterocycles. The lowest BCUT2D eigenvalue weighted by atomic mass is 10.1. The quantitative estimate of drug-likeness (QED) is 0.196. The van der Waals surface area contributed by atoms with E-state index in [1.807, 2.05) is 0 Å². The Balaban J connectivity index is 1.81. The second-order valence-corrected chi connectivity index (χ2v) is 7.85. The molecule has 14 heteroatoms. The molecule has 0 atom stereocenters. The van der Waals surface area contributed by atoms with Crippen molar-refractivity contribution in [3.63, 3.8) is 0 Å². The molecule has 0 amide bonds. The van der Waals surface area contributed by atoms with Crippen LogP contribution in [0.1, 0.15) is 16.1 Å².